The van der Waals surface area contributed by atoms with Crippen molar-refractivity contribution < 1.29 is 59.2 Å². The topological polar surface area (TPSA) is 192 Å². The molecule has 0 fully saturated rings. The highest BCUT2D eigenvalue weighted by atomic mass is 16.8. The van der Waals surface area contributed by atoms with Crippen molar-refractivity contribution in [2.45, 2.75) is 51.0 Å². The third-order valence-electron chi connectivity index (χ3n) is 7.10. The largest absolute Gasteiger partial charge is 0.507 e. The van der Waals surface area contributed by atoms with Crippen LogP contribution in [-0.2, 0) is 9.47 Å². The summed E-state index contributed by atoms with van der Waals surface area (Å²) in [5.41, 5.74) is 0.886. The highest BCUT2D eigenvalue weighted by molar-refractivity contribution is 6.03. The lowest BCUT2D eigenvalue weighted by atomic mass is 9.92. The van der Waals surface area contributed by atoms with Gasteiger partial charge in [-0.25, -0.2) is 4.79 Å². The summed E-state index contributed by atoms with van der Waals surface area (Å²) in [6.45, 7) is 1.85. The summed E-state index contributed by atoms with van der Waals surface area (Å²) < 4.78 is 22.4. The second-order valence-corrected chi connectivity index (χ2v) is 9.89. The van der Waals surface area contributed by atoms with Gasteiger partial charge in [0.1, 0.15) is 58.2 Å². The molecule has 12 heteroatoms. The van der Waals surface area contributed by atoms with E-state index in [0.717, 1.165) is 0 Å². The van der Waals surface area contributed by atoms with Gasteiger partial charge in [0, 0.05) is 17.2 Å². The molecule has 12 nitrogen and oxygen atoms in total. The lowest BCUT2D eigenvalue weighted by Gasteiger charge is -2.31. The molecule has 216 valence electrons. The summed E-state index contributed by atoms with van der Waals surface area (Å²) in [7, 11) is 0. The first-order chi connectivity index (χ1) is 19.5. The van der Waals surface area contributed by atoms with Crippen LogP contribution in [0.15, 0.2) is 42.5 Å². The predicted molar refractivity (Wildman–Crippen MR) is 140 cm³/mol. The van der Waals surface area contributed by atoms with Crippen molar-refractivity contribution in [2.75, 3.05) is 6.79 Å². The van der Waals surface area contributed by atoms with Crippen molar-refractivity contribution in [3.05, 3.63) is 64.7 Å². The molecule has 3 aromatic rings. The van der Waals surface area contributed by atoms with Crippen LogP contribution < -0.4 is 9.47 Å². The summed E-state index contributed by atoms with van der Waals surface area (Å²) in [6.07, 6.45) is -7.75. The first-order valence-corrected chi connectivity index (χ1v) is 12.7. The number of benzene rings is 3. The van der Waals surface area contributed by atoms with Gasteiger partial charge in [0.25, 0.3) is 0 Å². The zero-order chi connectivity index (χ0) is 29.6. The van der Waals surface area contributed by atoms with Crippen LogP contribution in [0.1, 0.15) is 51.3 Å². The maximum Gasteiger partial charge on any atom is 0.344 e. The average molecular weight is 569 g/mol. The SMILES string of the molecule is Cc1c2cc3c(c1O)C(=O)CC(O3)c1ccc(O)c(c1)-c1ccc(O)c(c1)C(=O)OCOC(C(O)C(O)C(C)O)O2. The molecule has 0 saturated heterocycles. The molecule has 2 aliphatic rings. The molecule has 5 unspecified atom stereocenters. The standard InChI is InChI=1S/C29H28O12/c1-12-21-10-23-24(25(12)34)20(33)9-22(40-23)15-4-6-18(31)16(8-15)14-3-5-19(32)17(7-14)28(37)38-11-39-29(41-21)27(36)26(35)13(2)30/h3-8,10,13,22,26-27,29-32,34-36H,9,11H2,1-2H3. The van der Waals surface area contributed by atoms with Gasteiger partial charge in [-0.3, -0.25) is 4.79 Å². The molecule has 0 aromatic heterocycles. The molecule has 0 amide bonds. The number of aromatic hydroxyl groups is 3. The minimum Gasteiger partial charge on any atom is -0.507 e. The molecule has 41 heavy (non-hydrogen) atoms. The van der Waals surface area contributed by atoms with Gasteiger partial charge in [0.05, 0.1) is 12.5 Å². The minimum absolute atomic E-state index is 0.0223. The Balaban J connectivity index is 1.65. The average Bonchev–Trinajstić information content (AvgIpc) is 2.94. The van der Waals surface area contributed by atoms with Gasteiger partial charge in [-0.1, -0.05) is 12.1 Å². The minimum atomic E-state index is -1.87. The maximum absolute atomic E-state index is 13.2. The van der Waals surface area contributed by atoms with Crippen molar-refractivity contribution in [3.8, 4) is 39.9 Å². The number of rotatable bonds is 3. The number of hydrogen-bond donors (Lipinski definition) is 6. The Bertz CT molecular complexity index is 1510. The second kappa shape index (κ2) is 10.9. The van der Waals surface area contributed by atoms with Crippen LogP contribution >= 0.6 is 0 Å². The Labute approximate surface area is 233 Å². The highest BCUT2D eigenvalue weighted by Crippen LogP contribution is 2.46. The molecule has 0 aliphatic carbocycles. The number of fused-ring (bicyclic) bond motifs is 8. The van der Waals surface area contributed by atoms with Crippen molar-refractivity contribution in [1.82, 2.24) is 0 Å². The molecule has 7 bridgehead atoms. The fourth-order valence-corrected chi connectivity index (χ4v) is 4.71. The third-order valence-corrected chi connectivity index (χ3v) is 7.10. The van der Waals surface area contributed by atoms with E-state index in [-0.39, 0.29) is 45.9 Å². The number of phenolic OH excluding ortho intramolecular Hbond substituents is 3. The molecule has 5 atom stereocenters. The first kappa shape index (κ1) is 28.2. The Kier molecular flexibility index (Phi) is 7.49. The van der Waals surface area contributed by atoms with Crippen molar-refractivity contribution >= 4 is 11.8 Å². The fraction of sp³-hybridized carbons (Fsp3) is 0.310. The van der Waals surface area contributed by atoms with Crippen LogP contribution in [0.3, 0.4) is 0 Å². The van der Waals surface area contributed by atoms with Gasteiger partial charge < -0.3 is 49.6 Å². The Morgan fingerprint density at radius 1 is 0.878 bits per heavy atom. The molecular weight excluding hydrogens is 540 g/mol. The van der Waals surface area contributed by atoms with Gasteiger partial charge in [-0.05, 0) is 49.2 Å². The van der Waals surface area contributed by atoms with Gasteiger partial charge in [0.2, 0.25) is 6.29 Å². The van der Waals surface area contributed by atoms with Crippen LogP contribution in [-0.4, -0.2) is 73.8 Å². The molecule has 0 spiro atoms. The van der Waals surface area contributed by atoms with E-state index in [1.54, 1.807) is 12.1 Å². The van der Waals surface area contributed by atoms with Gasteiger partial charge in [0.15, 0.2) is 12.6 Å². The molecule has 0 radical (unpaired) electrons. The summed E-state index contributed by atoms with van der Waals surface area (Å²) in [5.74, 6) is -2.53. The molecular formula is C29H28O12. The number of esters is 1. The smallest absolute Gasteiger partial charge is 0.344 e. The lowest BCUT2D eigenvalue weighted by Crippen LogP contribution is -2.47. The molecule has 2 heterocycles. The number of hydrogen-bond acceptors (Lipinski definition) is 12. The number of aliphatic hydroxyl groups is 3. The van der Waals surface area contributed by atoms with E-state index in [9.17, 15) is 40.2 Å². The molecule has 3 aromatic carbocycles. The predicted octanol–water partition coefficient (Wildman–Crippen LogP) is 2.44. The van der Waals surface area contributed by atoms with E-state index in [1.165, 1.54) is 44.2 Å². The third kappa shape index (κ3) is 5.25. The van der Waals surface area contributed by atoms with Crippen LogP contribution in [0.25, 0.3) is 11.1 Å². The molecule has 5 rings (SSSR count). The van der Waals surface area contributed by atoms with Crippen molar-refractivity contribution in [3.63, 3.8) is 0 Å². The van der Waals surface area contributed by atoms with Gasteiger partial charge in [-0.15, -0.1) is 0 Å². The molecule has 6 N–H and O–H groups in total. The Morgan fingerprint density at radius 3 is 2.32 bits per heavy atom. The van der Waals surface area contributed by atoms with E-state index < -0.39 is 60.8 Å². The fourth-order valence-electron chi connectivity index (χ4n) is 4.71. The van der Waals surface area contributed by atoms with Crippen molar-refractivity contribution in [1.29, 1.82) is 0 Å². The first-order valence-electron chi connectivity index (χ1n) is 12.7. The van der Waals surface area contributed by atoms with E-state index in [2.05, 4.69) is 0 Å². The van der Waals surface area contributed by atoms with Crippen LogP contribution in [0.4, 0.5) is 0 Å². The lowest BCUT2D eigenvalue weighted by molar-refractivity contribution is -0.213. The quantitative estimate of drug-likeness (QED) is 0.253. The second-order valence-electron chi connectivity index (χ2n) is 9.89. The number of carbonyl (C=O) groups is 2. The van der Waals surface area contributed by atoms with E-state index in [0.29, 0.717) is 11.1 Å². The van der Waals surface area contributed by atoms with Crippen LogP contribution in [0.5, 0.6) is 28.7 Å². The zero-order valence-corrected chi connectivity index (χ0v) is 22.0. The van der Waals surface area contributed by atoms with Gasteiger partial charge in [-0.2, -0.15) is 0 Å². The van der Waals surface area contributed by atoms with Crippen molar-refractivity contribution in [2.24, 2.45) is 0 Å². The number of ketones is 1. The number of Topliss-reactive ketones (excluding diaryl/α,β-unsaturated/α-hetero) is 1. The molecule has 0 saturated carbocycles. The number of ether oxygens (including phenoxy) is 4. The number of carbonyl (C=O) groups excluding carboxylic acids is 2. The zero-order valence-electron chi connectivity index (χ0n) is 22.0. The normalized spacial score (nSPS) is 20.7. The Hall–Kier alpha value is -4.36. The number of aliphatic hydroxyl groups excluding tert-OH is 3. The number of phenols is 3. The van der Waals surface area contributed by atoms with Crippen LogP contribution in [0, 0.1) is 6.92 Å². The summed E-state index contributed by atoms with van der Waals surface area (Å²) in [6, 6.07) is 9.88. The van der Waals surface area contributed by atoms with E-state index >= 15 is 0 Å². The Morgan fingerprint density at radius 2 is 1.59 bits per heavy atom. The summed E-state index contributed by atoms with van der Waals surface area (Å²) in [4.78, 5) is 26.0. The monoisotopic (exact) mass is 568 g/mol. The van der Waals surface area contributed by atoms with Gasteiger partial charge >= 0.3 is 5.97 Å². The highest BCUT2D eigenvalue weighted by Gasteiger charge is 2.36. The maximum atomic E-state index is 13.2. The molecule has 2 aliphatic heterocycles. The van der Waals surface area contributed by atoms with E-state index in [4.69, 9.17) is 18.9 Å². The summed E-state index contributed by atoms with van der Waals surface area (Å²) in [5, 5.41) is 62.6. The number of cyclic esters (lactones) is 1. The summed E-state index contributed by atoms with van der Waals surface area (Å²) >= 11 is 0. The van der Waals surface area contributed by atoms with E-state index in [1.807, 2.05) is 0 Å². The van der Waals surface area contributed by atoms with Crippen LogP contribution in [0.2, 0.25) is 0 Å².